The van der Waals surface area contributed by atoms with E-state index in [1.165, 1.54) is 41.7 Å². The van der Waals surface area contributed by atoms with Crippen molar-refractivity contribution >= 4 is 9.30 Å². The fourth-order valence-electron chi connectivity index (χ4n) is 1.45. The molecule has 0 N–H and O–H groups in total. The summed E-state index contributed by atoms with van der Waals surface area (Å²) in [5.74, 6) is 0.583. The van der Waals surface area contributed by atoms with Gasteiger partial charge in [0.25, 0.3) is 0 Å². The third kappa shape index (κ3) is 3.84. The van der Waals surface area contributed by atoms with Gasteiger partial charge in [0.15, 0.2) is 0 Å². The molecule has 1 aliphatic rings. The molecule has 0 aromatic rings. The van der Waals surface area contributed by atoms with E-state index in [9.17, 15) is 0 Å². The molecular weight excluding hydrogens is 227 g/mol. The molecule has 0 fully saturated rings. The van der Waals surface area contributed by atoms with Crippen molar-refractivity contribution in [2.45, 2.75) is 27.7 Å². The Kier molecular flexibility index (Phi) is 12.3. The Morgan fingerprint density at radius 2 is 1.43 bits per heavy atom. The average molecular weight is 249 g/mol. The van der Waals surface area contributed by atoms with Crippen molar-refractivity contribution in [2.24, 2.45) is 5.92 Å². The minimum absolute atomic E-state index is 0. The van der Waals surface area contributed by atoms with Crippen LogP contribution in [0.2, 0.25) is 0 Å². The van der Waals surface area contributed by atoms with Gasteiger partial charge in [-0.05, 0) is 12.8 Å². The van der Waals surface area contributed by atoms with Crippen molar-refractivity contribution in [1.29, 1.82) is 0 Å². The molecule has 0 aromatic heterocycles. The Bertz CT molecular complexity index is 202. The summed E-state index contributed by atoms with van der Waals surface area (Å²) in [6, 6.07) is 0. The number of rotatable bonds is 0. The van der Waals surface area contributed by atoms with Crippen LogP contribution in [0.25, 0.3) is 0 Å². The molecule has 0 radical (unpaired) electrons. The standard InChI is InChI=1S/C10H15.2CH3.ClH.Ti/c1-6-7(2)9(4)10(5)8(6)3;;;;/h7H,1H2,2-5H3;2*1H3;1H;/q3*-1;;+4/p-1. The summed E-state index contributed by atoms with van der Waals surface area (Å²) in [5.41, 5.74) is 5.62. The minimum atomic E-state index is 0. The Labute approximate surface area is 106 Å². The molecule has 1 atom stereocenters. The number of allylic oxidation sites excluding steroid dienone is 4. The first kappa shape index (κ1) is 19.9. The van der Waals surface area contributed by atoms with Crippen molar-refractivity contribution in [1.82, 2.24) is 0 Å². The zero-order valence-corrected chi connectivity index (χ0v) is 12.5. The van der Waals surface area contributed by atoms with Gasteiger partial charge in [-0.1, -0.05) is 19.4 Å². The van der Waals surface area contributed by atoms with E-state index in [-0.39, 0.29) is 14.9 Å². The molecule has 0 bridgehead atoms. The first-order valence-electron chi connectivity index (χ1n) is 3.95. The quantitative estimate of drug-likeness (QED) is 0.430. The van der Waals surface area contributed by atoms with Gasteiger partial charge in [0.2, 0.25) is 0 Å². The third-order valence-corrected chi connectivity index (χ3v) is 2.81. The molecule has 0 nitrogen and oxygen atoms in total. The fourth-order valence-corrected chi connectivity index (χ4v) is 1.45. The van der Waals surface area contributed by atoms with Crippen LogP contribution in [0.5, 0.6) is 0 Å². The summed E-state index contributed by atoms with van der Waals surface area (Å²) >= 11 is 1.47. The van der Waals surface area contributed by atoms with E-state index in [4.69, 9.17) is 0 Å². The normalized spacial score (nSPS) is 19.5. The van der Waals surface area contributed by atoms with Crippen LogP contribution < -0.4 is 0 Å². The Morgan fingerprint density at radius 1 is 1.07 bits per heavy atom. The molecule has 14 heavy (non-hydrogen) atoms. The van der Waals surface area contributed by atoms with Gasteiger partial charge in [0.05, 0.1) is 0 Å². The molecule has 0 spiro atoms. The van der Waals surface area contributed by atoms with Crippen LogP contribution in [0.1, 0.15) is 27.7 Å². The van der Waals surface area contributed by atoms with Crippen molar-refractivity contribution in [3.05, 3.63) is 44.1 Å². The van der Waals surface area contributed by atoms with E-state index >= 15 is 0 Å². The van der Waals surface area contributed by atoms with Crippen LogP contribution in [0.4, 0.5) is 0 Å². The fraction of sp³-hybridized carbons (Fsp3) is 0.417. The predicted octanol–water partition coefficient (Wildman–Crippen LogP) is 4.71. The second-order valence-corrected chi connectivity index (χ2v) is 3.18. The Hall–Kier alpha value is 0.354. The van der Waals surface area contributed by atoms with Crippen molar-refractivity contribution < 1.29 is 19.4 Å². The van der Waals surface area contributed by atoms with E-state index in [1.807, 2.05) is 0 Å². The first-order chi connectivity index (χ1) is 5.55. The summed E-state index contributed by atoms with van der Waals surface area (Å²) < 4.78 is 0. The van der Waals surface area contributed by atoms with E-state index in [0.29, 0.717) is 5.92 Å². The molecule has 0 saturated heterocycles. The van der Waals surface area contributed by atoms with Gasteiger partial charge in [0, 0.05) is 0 Å². The molecule has 0 saturated carbocycles. The van der Waals surface area contributed by atoms with Crippen LogP contribution >= 0.6 is 9.30 Å². The van der Waals surface area contributed by atoms with Crippen molar-refractivity contribution in [3.63, 3.8) is 0 Å². The molecular formula is C12H21ClTi. The molecule has 0 amide bonds. The maximum atomic E-state index is 4.64. The van der Waals surface area contributed by atoms with Gasteiger partial charge in [0.1, 0.15) is 0 Å². The predicted molar refractivity (Wildman–Crippen MR) is 64.3 cm³/mol. The van der Waals surface area contributed by atoms with Crippen LogP contribution in [0, 0.1) is 27.7 Å². The zero-order chi connectivity index (χ0) is 9.89. The van der Waals surface area contributed by atoms with Gasteiger partial charge in [-0.25, -0.2) is 12.5 Å². The number of halogens is 1. The SMILES string of the molecule is [CH2-]C1=C(C)C(C)=C(C)C1C.[CH3-].[CH3-].[Cl][Ti+3]. The molecule has 1 aliphatic carbocycles. The molecule has 0 aliphatic heterocycles. The summed E-state index contributed by atoms with van der Waals surface area (Å²) in [5, 5.41) is 0. The van der Waals surface area contributed by atoms with Crippen molar-refractivity contribution in [2.75, 3.05) is 0 Å². The van der Waals surface area contributed by atoms with Gasteiger partial charge in [-0.15, -0.1) is 12.5 Å². The monoisotopic (exact) mass is 248 g/mol. The van der Waals surface area contributed by atoms with Crippen molar-refractivity contribution in [3.8, 4) is 0 Å². The Balaban J connectivity index is -0.000000284. The summed E-state index contributed by atoms with van der Waals surface area (Å²) in [4.78, 5) is 0. The van der Waals surface area contributed by atoms with Crippen LogP contribution in [-0.2, 0) is 19.4 Å². The van der Waals surface area contributed by atoms with E-state index in [0.717, 1.165) is 0 Å². The molecule has 1 unspecified atom stereocenters. The van der Waals surface area contributed by atoms with Gasteiger partial charge < -0.3 is 14.9 Å². The van der Waals surface area contributed by atoms with Crippen LogP contribution in [-0.4, -0.2) is 0 Å². The van der Waals surface area contributed by atoms with Crippen LogP contribution in [0.15, 0.2) is 22.3 Å². The van der Waals surface area contributed by atoms with E-state index < -0.39 is 0 Å². The van der Waals surface area contributed by atoms with Gasteiger partial charge >= 0.3 is 28.7 Å². The van der Waals surface area contributed by atoms with Gasteiger partial charge in [-0.2, -0.15) is 5.57 Å². The third-order valence-electron chi connectivity index (χ3n) is 2.81. The zero-order valence-electron chi connectivity index (χ0n) is 10.2. The topological polar surface area (TPSA) is 0 Å². The first-order valence-corrected chi connectivity index (χ1v) is 6.10. The number of hydrogen-bond donors (Lipinski definition) is 0. The van der Waals surface area contributed by atoms with E-state index in [1.54, 1.807) is 0 Å². The van der Waals surface area contributed by atoms with Crippen LogP contribution in [0.3, 0.4) is 0 Å². The molecule has 80 valence electrons. The maximum absolute atomic E-state index is 4.64. The van der Waals surface area contributed by atoms with Gasteiger partial charge in [-0.3, -0.25) is 0 Å². The average Bonchev–Trinajstić information content (AvgIpc) is 2.27. The van der Waals surface area contributed by atoms with E-state index in [2.05, 4.69) is 43.9 Å². The Morgan fingerprint density at radius 3 is 1.50 bits per heavy atom. The molecule has 1 rings (SSSR count). The molecule has 2 heteroatoms. The molecule has 0 aromatic carbocycles. The summed E-state index contributed by atoms with van der Waals surface area (Å²) in [6.45, 7) is 12.8. The number of hydrogen-bond acceptors (Lipinski definition) is 0. The summed E-state index contributed by atoms with van der Waals surface area (Å²) in [7, 11) is 4.64. The second kappa shape index (κ2) is 8.65. The molecule has 0 heterocycles. The second-order valence-electron chi connectivity index (χ2n) is 3.18. The summed E-state index contributed by atoms with van der Waals surface area (Å²) in [6.07, 6.45) is 0.